The molecule has 2 aromatic rings. The fourth-order valence-corrected chi connectivity index (χ4v) is 2.64. The smallest absolute Gasteiger partial charge is 0.156 e. The highest BCUT2D eigenvalue weighted by Crippen LogP contribution is 2.30. The first-order valence-electron chi connectivity index (χ1n) is 5.57. The number of benzene rings is 2. The van der Waals surface area contributed by atoms with Gasteiger partial charge in [0.05, 0.1) is 25.9 Å². The normalized spacial score (nSPS) is 10.1. The van der Waals surface area contributed by atoms with Crippen LogP contribution in [0.4, 0.5) is 10.1 Å². The summed E-state index contributed by atoms with van der Waals surface area (Å²) >= 11 is 7.72. The summed E-state index contributed by atoms with van der Waals surface area (Å²) in [5, 5.41) is 8.89. The molecule has 0 saturated carbocycles. The van der Waals surface area contributed by atoms with Crippen molar-refractivity contribution in [2.75, 3.05) is 5.73 Å². The zero-order valence-corrected chi connectivity index (χ0v) is 13.1. The predicted octanol–water partition coefficient (Wildman–Crippen LogP) is 4.12. The molecule has 0 amide bonds. The third-order valence-electron chi connectivity index (χ3n) is 2.61. The van der Waals surface area contributed by atoms with Crippen LogP contribution in [0.15, 0.2) is 30.3 Å². The standard InChI is InChI=1S/C14H9ClFIN2O/c15-10-3-1-2-9(13(10)16)7-20-14-11(17)4-8(6-18)5-12(14)19/h1-5H,7,19H2. The van der Waals surface area contributed by atoms with E-state index in [0.717, 1.165) is 0 Å². The highest BCUT2D eigenvalue weighted by atomic mass is 127. The van der Waals surface area contributed by atoms with Crippen molar-refractivity contribution in [3.8, 4) is 11.8 Å². The summed E-state index contributed by atoms with van der Waals surface area (Å²) in [6.45, 7) is 0.0124. The molecule has 2 aromatic carbocycles. The Morgan fingerprint density at radius 2 is 2.15 bits per heavy atom. The Hall–Kier alpha value is -1.52. The summed E-state index contributed by atoms with van der Waals surface area (Å²) in [6, 6.07) is 9.90. The fourth-order valence-electron chi connectivity index (χ4n) is 1.64. The maximum Gasteiger partial charge on any atom is 0.156 e. The zero-order chi connectivity index (χ0) is 14.7. The lowest BCUT2D eigenvalue weighted by molar-refractivity contribution is 0.299. The van der Waals surface area contributed by atoms with Gasteiger partial charge in [-0.15, -0.1) is 0 Å². The van der Waals surface area contributed by atoms with Crippen molar-refractivity contribution in [1.29, 1.82) is 5.26 Å². The van der Waals surface area contributed by atoms with Gasteiger partial charge in [0.1, 0.15) is 12.4 Å². The Morgan fingerprint density at radius 1 is 1.40 bits per heavy atom. The molecule has 2 rings (SSSR count). The summed E-state index contributed by atoms with van der Waals surface area (Å²) in [5.41, 5.74) is 6.97. The van der Waals surface area contributed by atoms with E-state index >= 15 is 0 Å². The van der Waals surface area contributed by atoms with Crippen molar-refractivity contribution in [1.82, 2.24) is 0 Å². The van der Waals surface area contributed by atoms with Gasteiger partial charge in [-0.2, -0.15) is 5.26 Å². The molecule has 0 fully saturated rings. The lowest BCUT2D eigenvalue weighted by Crippen LogP contribution is -2.03. The summed E-state index contributed by atoms with van der Waals surface area (Å²) in [6.07, 6.45) is 0. The number of anilines is 1. The zero-order valence-electron chi connectivity index (χ0n) is 10.2. The van der Waals surface area contributed by atoms with E-state index in [4.69, 9.17) is 27.3 Å². The number of nitriles is 1. The van der Waals surface area contributed by atoms with E-state index in [9.17, 15) is 4.39 Å². The Bertz CT molecular complexity index is 677. The molecule has 102 valence electrons. The predicted molar refractivity (Wildman–Crippen MR) is 84.0 cm³/mol. The van der Waals surface area contributed by atoms with Crippen molar-refractivity contribution in [3.63, 3.8) is 0 Å². The van der Waals surface area contributed by atoms with Gasteiger partial charge in [0, 0.05) is 5.56 Å². The number of nitrogen functional groups attached to an aromatic ring is 1. The van der Waals surface area contributed by atoms with Gasteiger partial charge < -0.3 is 10.5 Å². The molecule has 0 aliphatic rings. The Morgan fingerprint density at radius 3 is 2.80 bits per heavy atom. The average Bonchev–Trinajstić information content (AvgIpc) is 2.42. The summed E-state index contributed by atoms with van der Waals surface area (Å²) in [5.74, 6) is -0.0691. The maximum absolute atomic E-state index is 13.7. The van der Waals surface area contributed by atoms with Crippen molar-refractivity contribution >= 4 is 39.9 Å². The number of nitrogens with two attached hydrogens (primary N) is 1. The van der Waals surface area contributed by atoms with Crippen LogP contribution in [-0.4, -0.2) is 0 Å². The molecular formula is C14H9ClFIN2O. The second-order valence-electron chi connectivity index (χ2n) is 3.99. The van der Waals surface area contributed by atoms with Crippen LogP contribution in [-0.2, 0) is 6.61 Å². The van der Waals surface area contributed by atoms with E-state index in [1.165, 1.54) is 12.1 Å². The number of hydrogen-bond acceptors (Lipinski definition) is 3. The van der Waals surface area contributed by atoms with E-state index in [0.29, 0.717) is 26.1 Å². The van der Waals surface area contributed by atoms with E-state index < -0.39 is 5.82 Å². The molecule has 0 unspecified atom stereocenters. The van der Waals surface area contributed by atoms with E-state index in [-0.39, 0.29) is 11.6 Å². The highest BCUT2D eigenvalue weighted by Gasteiger charge is 2.11. The van der Waals surface area contributed by atoms with Crippen molar-refractivity contribution in [2.45, 2.75) is 6.61 Å². The van der Waals surface area contributed by atoms with Gasteiger partial charge in [-0.25, -0.2) is 4.39 Å². The molecule has 0 radical (unpaired) electrons. The van der Waals surface area contributed by atoms with Gasteiger partial charge >= 0.3 is 0 Å². The van der Waals surface area contributed by atoms with Crippen LogP contribution < -0.4 is 10.5 Å². The van der Waals surface area contributed by atoms with Crippen LogP contribution in [0.2, 0.25) is 5.02 Å². The number of nitrogens with zero attached hydrogens (tertiary/aromatic N) is 1. The molecule has 6 heteroatoms. The van der Waals surface area contributed by atoms with Crippen molar-refractivity contribution in [3.05, 3.63) is 55.9 Å². The molecule has 3 nitrogen and oxygen atoms in total. The Kier molecular flexibility index (Phi) is 4.68. The van der Waals surface area contributed by atoms with Crippen LogP contribution in [0.25, 0.3) is 0 Å². The quantitative estimate of drug-likeness (QED) is 0.621. The second kappa shape index (κ2) is 6.29. The van der Waals surface area contributed by atoms with E-state index in [1.54, 1.807) is 18.2 Å². The summed E-state index contributed by atoms with van der Waals surface area (Å²) < 4.78 is 20.0. The molecule has 0 saturated heterocycles. The van der Waals surface area contributed by atoms with Gasteiger partial charge in [-0.3, -0.25) is 0 Å². The maximum atomic E-state index is 13.7. The molecule has 0 aliphatic heterocycles. The third-order valence-corrected chi connectivity index (χ3v) is 3.70. The molecule has 0 heterocycles. The highest BCUT2D eigenvalue weighted by molar-refractivity contribution is 14.1. The first-order valence-corrected chi connectivity index (χ1v) is 7.03. The number of ether oxygens (including phenoxy) is 1. The minimum Gasteiger partial charge on any atom is -0.486 e. The van der Waals surface area contributed by atoms with Crippen LogP contribution in [0.5, 0.6) is 5.75 Å². The molecule has 2 N–H and O–H groups in total. The minimum atomic E-state index is -0.503. The van der Waals surface area contributed by atoms with Crippen LogP contribution in [0.1, 0.15) is 11.1 Å². The molecule has 0 atom stereocenters. The van der Waals surface area contributed by atoms with Crippen molar-refractivity contribution in [2.24, 2.45) is 0 Å². The molecular weight excluding hydrogens is 394 g/mol. The number of rotatable bonds is 3. The summed E-state index contributed by atoms with van der Waals surface area (Å²) in [4.78, 5) is 0. The van der Waals surface area contributed by atoms with Crippen LogP contribution >= 0.6 is 34.2 Å². The molecule has 20 heavy (non-hydrogen) atoms. The first kappa shape index (κ1) is 14.9. The Labute approximate surface area is 134 Å². The van der Waals surface area contributed by atoms with E-state index in [2.05, 4.69) is 0 Å². The third kappa shape index (κ3) is 3.14. The second-order valence-corrected chi connectivity index (χ2v) is 5.56. The molecule has 0 aromatic heterocycles. The molecule has 0 aliphatic carbocycles. The largest absolute Gasteiger partial charge is 0.486 e. The number of halogens is 3. The SMILES string of the molecule is N#Cc1cc(N)c(OCc2cccc(Cl)c2F)c(I)c1. The fraction of sp³-hybridized carbons (Fsp3) is 0.0714. The molecule has 0 bridgehead atoms. The van der Waals surface area contributed by atoms with Gasteiger partial charge in [0.15, 0.2) is 5.75 Å². The number of hydrogen-bond donors (Lipinski definition) is 1. The topological polar surface area (TPSA) is 59.0 Å². The summed E-state index contributed by atoms with van der Waals surface area (Å²) in [7, 11) is 0. The van der Waals surface area contributed by atoms with Gasteiger partial charge in [-0.05, 0) is 40.8 Å². The van der Waals surface area contributed by atoms with E-state index in [1.807, 2.05) is 28.7 Å². The van der Waals surface area contributed by atoms with Gasteiger partial charge in [-0.1, -0.05) is 23.7 Å². The minimum absolute atomic E-state index is 0.0124. The first-order chi connectivity index (χ1) is 9.52. The van der Waals surface area contributed by atoms with Gasteiger partial charge in [0.25, 0.3) is 0 Å². The average molecular weight is 403 g/mol. The monoisotopic (exact) mass is 402 g/mol. The van der Waals surface area contributed by atoms with Gasteiger partial charge in [0.2, 0.25) is 0 Å². The van der Waals surface area contributed by atoms with Crippen LogP contribution in [0, 0.1) is 20.7 Å². The lowest BCUT2D eigenvalue weighted by Gasteiger charge is -2.12. The Balaban J connectivity index is 2.24. The molecule has 0 spiro atoms. The van der Waals surface area contributed by atoms with Crippen LogP contribution in [0.3, 0.4) is 0 Å². The van der Waals surface area contributed by atoms with Crippen molar-refractivity contribution < 1.29 is 9.13 Å². The lowest BCUT2D eigenvalue weighted by atomic mass is 10.2.